The third-order valence-corrected chi connectivity index (χ3v) is 2.32. The number of pyridine rings is 1. The summed E-state index contributed by atoms with van der Waals surface area (Å²) in [6, 6.07) is 5.38. The van der Waals surface area contributed by atoms with E-state index in [0.29, 0.717) is 5.56 Å². The Labute approximate surface area is 102 Å². The summed E-state index contributed by atoms with van der Waals surface area (Å²) >= 11 is 0. The van der Waals surface area contributed by atoms with Crippen molar-refractivity contribution >= 4 is 11.7 Å². The molecule has 7 nitrogen and oxygen atoms in total. The minimum atomic E-state index is -1.18. The van der Waals surface area contributed by atoms with Gasteiger partial charge in [0.05, 0.1) is 12.2 Å². The topological polar surface area (TPSA) is 118 Å². The summed E-state index contributed by atoms with van der Waals surface area (Å²) in [7, 11) is 0. The number of nitrogens with zero attached hydrogens (tertiary/aromatic N) is 4. The van der Waals surface area contributed by atoms with Crippen molar-refractivity contribution in [1.82, 2.24) is 14.8 Å². The molecule has 7 heteroatoms. The Morgan fingerprint density at radius 3 is 3.00 bits per heavy atom. The Bertz CT molecular complexity index is 641. The highest BCUT2D eigenvalue weighted by Crippen LogP contribution is 2.12. The zero-order valence-corrected chi connectivity index (χ0v) is 9.24. The number of aromatic nitrogens is 3. The van der Waals surface area contributed by atoms with Crippen molar-refractivity contribution in [3.05, 3.63) is 41.5 Å². The largest absolute Gasteiger partial charge is 0.476 e. The lowest BCUT2D eigenvalue weighted by Gasteiger charge is -2.02. The summed E-state index contributed by atoms with van der Waals surface area (Å²) in [6.45, 7) is 0.244. The minimum Gasteiger partial charge on any atom is -0.476 e. The molecule has 2 heterocycles. The van der Waals surface area contributed by atoms with Crippen molar-refractivity contribution in [1.29, 1.82) is 5.26 Å². The summed E-state index contributed by atoms with van der Waals surface area (Å²) in [5.41, 5.74) is 6.35. The first-order valence-corrected chi connectivity index (χ1v) is 5.02. The number of carboxylic acids is 1. The average Bonchev–Trinajstić information content (AvgIpc) is 2.71. The van der Waals surface area contributed by atoms with Gasteiger partial charge in [0.2, 0.25) is 0 Å². The SMILES string of the molecule is N#Cc1ncccc1Cn1cc(N)c(C(=O)O)n1. The van der Waals surface area contributed by atoms with E-state index in [1.54, 1.807) is 12.1 Å². The highest BCUT2D eigenvalue weighted by atomic mass is 16.4. The number of hydrogen-bond acceptors (Lipinski definition) is 5. The highest BCUT2D eigenvalue weighted by Gasteiger charge is 2.14. The molecule has 0 fully saturated rings. The number of aromatic carboxylic acids is 1. The quantitative estimate of drug-likeness (QED) is 0.809. The molecule has 0 saturated heterocycles. The monoisotopic (exact) mass is 243 g/mol. The van der Waals surface area contributed by atoms with Crippen LogP contribution in [-0.2, 0) is 6.54 Å². The molecule has 18 heavy (non-hydrogen) atoms. The molecule has 0 aromatic carbocycles. The van der Waals surface area contributed by atoms with Crippen molar-refractivity contribution in [2.75, 3.05) is 5.73 Å². The zero-order valence-electron chi connectivity index (χ0n) is 9.24. The van der Waals surface area contributed by atoms with E-state index in [2.05, 4.69) is 10.1 Å². The van der Waals surface area contributed by atoms with Crippen molar-refractivity contribution in [2.24, 2.45) is 0 Å². The fourth-order valence-corrected chi connectivity index (χ4v) is 1.53. The van der Waals surface area contributed by atoms with Crippen LogP contribution in [0.25, 0.3) is 0 Å². The number of anilines is 1. The first-order chi connectivity index (χ1) is 8.61. The lowest BCUT2D eigenvalue weighted by molar-refractivity contribution is 0.0690. The van der Waals surface area contributed by atoms with Crippen LogP contribution in [0.3, 0.4) is 0 Å². The molecule has 0 spiro atoms. The Kier molecular flexibility index (Phi) is 2.93. The van der Waals surface area contributed by atoms with E-state index in [4.69, 9.17) is 16.1 Å². The van der Waals surface area contributed by atoms with E-state index in [9.17, 15) is 4.79 Å². The first kappa shape index (κ1) is 11.6. The number of hydrogen-bond donors (Lipinski definition) is 2. The summed E-state index contributed by atoms with van der Waals surface area (Å²) in [4.78, 5) is 14.7. The van der Waals surface area contributed by atoms with Gasteiger partial charge in [-0.3, -0.25) is 4.68 Å². The van der Waals surface area contributed by atoms with Gasteiger partial charge in [-0.25, -0.2) is 9.78 Å². The molecule has 0 radical (unpaired) electrons. The maximum atomic E-state index is 10.8. The molecule has 0 atom stereocenters. The lowest BCUT2D eigenvalue weighted by atomic mass is 10.2. The number of carbonyl (C=O) groups is 1. The third kappa shape index (κ3) is 2.12. The van der Waals surface area contributed by atoms with Gasteiger partial charge < -0.3 is 10.8 Å². The zero-order chi connectivity index (χ0) is 13.1. The van der Waals surface area contributed by atoms with Crippen molar-refractivity contribution in [2.45, 2.75) is 6.54 Å². The van der Waals surface area contributed by atoms with Crippen LogP contribution >= 0.6 is 0 Å². The molecule has 2 aromatic heterocycles. The van der Waals surface area contributed by atoms with Gasteiger partial charge in [-0.1, -0.05) is 6.07 Å². The molecule has 0 aliphatic heterocycles. The van der Waals surface area contributed by atoms with Crippen LogP contribution in [0.4, 0.5) is 5.69 Å². The fraction of sp³-hybridized carbons (Fsp3) is 0.0909. The van der Waals surface area contributed by atoms with E-state index < -0.39 is 5.97 Å². The van der Waals surface area contributed by atoms with Gasteiger partial charge in [0, 0.05) is 18.0 Å². The molecule has 0 aliphatic carbocycles. The van der Waals surface area contributed by atoms with Crippen molar-refractivity contribution < 1.29 is 9.90 Å². The molecule has 3 N–H and O–H groups in total. The van der Waals surface area contributed by atoms with Crippen LogP contribution in [-0.4, -0.2) is 25.8 Å². The van der Waals surface area contributed by atoms with Gasteiger partial charge in [0.1, 0.15) is 11.8 Å². The average molecular weight is 243 g/mol. The summed E-state index contributed by atoms with van der Waals surface area (Å²) in [5.74, 6) is -1.18. The first-order valence-electron chi connectivity index (χ1n) is 5.02. The second-order valence-electron chi connectivity index (χ2n) is 3.56. The number of nitrogens with two attached hydrogens (primary N) is 1. The maximum Gasteiger partial charge on any atom is 0.358 e. The number of carboxylic acid groups (broad SMARTS) is 1. The summed E-state index contributed by atoms with van der Waals surface area (Å²) < 4.78 is 1.37. The molecule has 2 rings (SSSR count). The minimum absolute atomic E-state index is 0.0879. The van der Waals surface area contributed by atoms with E-state index >= 15 is 0 Å². The maximum absolute atomic E-state index is 10.8. The van der Waals surface area contributed by atoms with Crippen molar-refractivity contribution in [3.63, 3.8) is 0 Å². The highest BCUT2D eigenvalue weighted by molar-refractivity contribution is 5.91. The fourth-order valence-electron chi connectivity index (χ4n) is 1.53. The number of rotatable bonds is 3. The van der Waals surface area contributed by atoms with Crippen LogP contribution in [0, 0.1) is 11.3 Å². The molecule has 2 aromatic rings. The van der Waals surface area contributed by atoms with E-state index in [1.165, 1.54) is 17.1 Å². The molecular weight excluding hydrogens is 234 g/mol. The van der Waals surface area contributed by atoms with Gasteiger partial charge in [-0.15, -0.1) is 0 Å². The van der Waals surface area contributed by atoms with E-state index in [0.717, 1.165) is 0 Å². The molecule has 0 aliphatic rings. The molecule has 0 unspecified atom stereocenters. The molecular formula is C11H9N5O2. The number of nitrogen functional groups attached to an aromatic ring is 1. The Balaban J connectivity index is 2.32. The van der Waals surface area contributed by atoms with Crippen molar-refractivity contribution in [3.8, 4) is 6.07 Å². The summed E-state index contributed by atoms with van der Waals surface area (Å²) in [5, 5.41) is 21.5. The summed E-state index contributed by atoms with van der Waals surface area (Å²) in [6.07, 6.45) is 2.93. The van der Waals surface area contributed by atoms with E-state index in [1.807, 2.05) is 6.07 Å². The van der Waals surface area contributed by atoms with E-state index in [-0.39, 0.29) is 23.6 Å². The Morgan fingerprint density at radius 2 is 2.39 bits per heavy atom. The van der Waals surface area contributed by atoms with Gasteiger partial charge in [0.15, 0.2) is 5.69 Å². The molecule has 0 amide bonds. The standard InChI is InChI=1S/C11H9N5O2/c12-4-9-7(2-1-3-14-9)5-16-6-8(13)10(15-16)11(17)18/h1-3,6H,5,13H2,(H,17,18). The van der Waals surface area contributed by atoms with Gasteiger partial charge >= 0.3 is 5.97 Å². The molecule has 90 valence electrons. The normalized spacial score (nSPS) is 9.94. The van der Waals surface area contributed by atoms with Gasteiger partial charge in [0.25, 0.3) is 0 Å². The second kappa shape index (κ2) is 4.55. The number of nitriles is 1. The predicted molar refractivity (Wildman–Crippen MR) is 61.7 cm³/mol. The van der Waals surface area contributed by atoms with Crippen LogP contribution in [0.15, 0.2) is 24.5 Å². The Morgan fingerprint density at radius 1 is 1.61 bits per heavy atom. The van der Waals surface area contributed by atoms with Gasteiger partial charge in [-0.2, -0.15) is 10.4 Å². The predicted octanol–water partition coefficient (Wildman–Crippen LogP) is 0.478. The molecule has 0 saturated carbocycles. The van der Waals surface area contributed by atoms with Crippen LogP contribution < -0.4 is 5.73 Å². The third-order valence-electron chi connectivity index (χ3n) is 2.32. The Hall–Kier alpha value is -2.88. The van der Waals surface area contributed by atoms with Gasteiger partial charge in [-0.05, 0) is 6.07 Å². The van der Waals surface area contributed by atoms with Crippen LogP contribution in [0.2, 0.25) is 0 Å². The smallest absolute Gasteiger partial charge is 0.358 e. The second-order valence-corrected chi connectivity index (χ2v) is 3.56. The van der Waals surface area contributed by atoms with Crippen LogP contribution in [0.5, 0.6) is 0 Å². The molecule has 0 bridgehead atoms. The lowest BCUT2D eigenvalue weighted by Crippen LogP contribution is -2.06. The van der Waals surface area contributed by atoms with Crippen LogP contribution in [0.1, 0.15) is 21.7 Å².